The van der Waals surface area contributed by atoms with E-state index in [1.165, 1.54) is 18.2 Å². The third kappa shape index (κ3) is 2.51. The lowest BCUT2D eigenvalue weighted by molar-refractivity contribution is 0.102. The number of ketones is 1. The molecule has 0 N–H and O–H groups in total. The molecule has 0 fully saturated rings. The lowest BCUT2D eigenvalue weighted by Gasteiger charge is -2.18. The van der Waals surface area contributed by atoms with E-state index in [0.717, 1.165) is 6.07 Å². The maximum absolute atomic E-state index is 14.0. The Morgan fingerprint density at radius 2 is 1.76 bits per heavy atom. The van der Waals surface area contributed by atoms with Crippen molar-refractivity contribution >= 4 is 21.7 Å². The molecule has 2 aromatic rings. The van der Waals surface area contributed by atoms with Crippen LogP contribution in [0.5, 0.6) is 11.5 Å². The van der Waals surface area contributed by atoms with Gasteiger partial charge in [-0.25, -0.2) is 8.78 Å². The van der Waals surface area contributed by atoms with Crippen molar-refractivity contribution in [3.05, 3.63) is 57.6 Å². The maximum atomic E-state index is 14.0. The lowest BCUT2D eigenvalue weighted by atomic mass is 10.0. The monoisotopic (exact) mass is 354 g/mol. The van der Waals surface area contributed by atoms with Crippen molar-refractivity contribution in [1.82, 2.24) is 0 Å². The molecule has 0 radical (unpaired) electrons. The predicted octanol–water partition coefficient (Wildman–Crippen LogP) is 3.73. The second-order valence-corrected chi connectivity index (χ2v) is 5.26. The van der Waals surface area contributed by atoms with Crippen molar-refractivity contribution in [2.24, 2.45) is 0 Å². The van der Waals surface area contributed by atoms with Crippen LogP contribution in [0.2, 0.25) is 0 Å². The molecule has 1 aliphatic heterocycles. The van der Waals surface area contributed by atoms with Gasteiger partial charge in [0.1, 0.15) is 19.0 Å². The van der Waals surface area contributed by atoms with E-state index in [9.17, 15) is 13.6 Å². The van der Waals surface area contributed by atoms with Crippen molar-refractivity contribution < 1.29 is 23.0 Å². The first-order valence-electron chi connectivity index (χ1n) is 6.16. The van der Waals surface area contributed by atoms with Gasteiger partial charge in [0.25, 0.3) is 0 Å². The number of halogens is 3. The first kappa shape index (κ1) is 14.0. The molecular weight excluding hydrogens is 346 g/mol. The maximum Gasteiger partial charge on any atom is 0.199 e. The van der Waals surface area contributed by atoms with Crippen LogP contribution in [0.1, 0.15) is 15.9 Å². The van der Waals surface area contributed by atoms with Crippen molar-refractivity contribution in [2.75, 3.05) is 13.2 Å². The molecule has 0 saturated heterocycles. The first-order chi connectivity index (χ1) is 10.1. The Hall–Kier alpha value is -1.95. The van der Waals surface area contributed by atoms with Gasteiger partial charge < -0.3 is 9.47 Å². The van der Waals surface area contributed by atoms with Crippen LogP contribution in [0.15, 0.2) is 34.8 Å². The van der Waals surface area contributed by atoms with Crippen LogP contribution >= 0.6 is 15.9 Å². The zero-order valence-electron chi connectivity index (χ0n) is 10.7. The molecule has 1 aliphatic rings. The Morgan fingerprint density at radius 1 is 1.05 bits per heavy atom. The molecule has 0 atom stereocenters. The highest BCUT2D eigenvalue weighted by Crippen LogP contribution is 2.32. The molecule has 1 heterocycles. The zero-order valence-corrected chi connectivity index (χ0v) is 12.2. The molecular formula is C15H9BrF2O3. The van der Waals surface area contributed by atoms with Crippen LogP contribution in [0.4, 0.5) is 8.78 Å². The Bertz CT molecular complexity index is 731. The van der Waals surface area contributed by atoms with Crippen molar-refractivity contribution in [3.8, 4) is 11.5 Å². The highest BCUT2D eigenvalue weighted by molar-refractivity contribution is 9.10. The third-order valence-corrected chi connectivity index (χ3v) is 3.69. The fourth-order valence-corrected chi connectivity index (χ4v) is 2.39. The highest BCUT2D eigenvalue weighted by atomic mass is 79.9. The fourth-order valence-electron chi connectivity index (χ4n) is 2.06. The lowest BCUT2D eigenvalue weighted by Crippen LogP contribution is -2.16. The van der Waals surface area contributed by atoms with Crippen molar-refractivity contribution in [1.29, 1.82) is 0 Å². The number of carbonyl (C=O) groups is 1. The minimum Gasteiger partial charge on any atom is -0.486 e. The SMILES string of the molecule is O=C(c1ccc2c(c1)OCCO2)c1c(F)ccc(Br)c1F. The molecule has 0 unspecified atom stereocenters. The van der Waals surface area contributed by atoms with Crippen molar-refractivity contribution in [2.45, 2.75) is 0 Å². The van der Waals surface area contributed by atoms with Gasteiger partial charge in [-0.2, -0.15) is 0 Å². The van der Waals surface area contributed by atoms with Gasteiger partial charge in [-0.3, -0.25) is 4.79 Å². The normalized spacial score (nSPS) is 13.1. The number of rotatable bonds is 2. The van der Waals surface area contributed by atoms with E-state index in [1.54, 1.807) is 6.07 Å². The number of hydrogen-bond donors (Lipinski definition) is 0. The van der Waals surface area contributed by atoms with E-state index in [4.69, 9.17) is 9.47 Å². The number of fused-ring (bicyclic) bond motifs is 1. The Kier molecular flexibility index (Phi) is 3.63. The van der Waals surface area contributed by atoms with E-state index < -0.39 is 23.0 Å². The van der Waals surface area contributed by atoms with Crippen LogP contribution < -0.4 is 9.47 Å². The molecule has 0 aromatic heterocycles. The summed E-state index contributed by atoms with van der Waals surface area (Å²) in [6.07, 6.45) is 0. The average Bonchev–Trinajstić information content (AvgIpc) is 2.51. The molecule has 0 spiro atoms. The summed E-state index contributed by atoms with van der Waals surface area (Å²) >= 11 is 2.94. The Balaban J connectivity index is 2.05. The minimum absolute atomic E-state index is 0.0322. The van der Waals surface area contributed by atoms with E-state index in [-0.39, 0.29) is 10.0 Å². The second-order valence-electron chi connectivity index (χ2n) is 4.41. The summed E-state index contributed by atoms with van der Waals surface area (Å²) in [4.78, 5) is 12.3. The predicted molar refractivity (Wildman–Crippen MR) is 74.9 cm³/mol. The summed E-state index contributed by atoms with van der Waals surface area (Å²) in [7, 11) is 0. The van der Waals surface area contributed by atoms with Gasteiger partial charge in [-0.1, -0.05) is 0 Å². The van der Waals surface area contributed by atoms with E-state index in [2.05, 4.69) is 15.9 Å². The fraction of sp³-hybridized carbons (Fsp3) is 0.133. The Labute approximate surface area is 127 Å². The number of carbonyl (C=O) groups excluding carboxylic acids is 1. The van der Waals surface area contributed by atoms with Crippen LogP contribution in [0.3, 0.4) is 0 Å². The quantitative estimate of drug-likeness (QED) is 0.608. The smallest absolute Gasteiger partial charge is 0.199 e. The van der Waals surface area contributed by atoms with Crippen LogP contribution in [0, 0.1) is 11.6 Å². The van der Waals surface area contributed by atoms with Crippen molar-refractivity contribution in [3.63, 3.8) is 0 Å². The molecule has 6 heteroatoms. The van der Waals surface area contributed by atoms with Gasteiger partial charge in [0.05, 0.1) is 10.0 Å². The second kappa shape index (κ2) is 5.44. The van der Waals surface area contributed by atoms with E-state index in [0.29, 0.717) is 24.7 Å². The zero-order chi connectivity index (χ0) is 15.0. The minimum atomic E-state index is -0.921. The summed E-state index contributed by atoms with van der Waals surface area (Å²) in [6.45, 7) is 0.791. The molecule has 0 amide bonds. The van der Waals surface area contributed by atoms with Gasteiger partial charge in [0.15, 0.2) is 23.1 Å². The topological polar surface area (TPSA) is 35.5 Å². The van der Waals surface area contributed by atoms with Gasteiger partial charge in [-0.15, -0.1) is 0 Å². The standard InChI is InChI=1S/C15H9BrF2O3/c16-9-2-3-10(17)13(14(9)18)15(19)8-1-4-11-12(7-8)21-6-5-20-11/h1-4,7H,5-6H2. The van der Waals surface area contributed by atoms with Gasteiger partial charge in [0, 0.05) is 5.56 Å². The van der Waals surface area contributed by atoms with Crippen LogP contribution in [-0.4, -0.2) is 19.0 Å². The summed E-state index contributed by atoms with van der Waals surface area (Å²) in [6, 6.07) is 6.69. The van der Waals surface area contributed by atoms with Gasteiger partial charge >= 0.3 is 0 Å². The molecule has 0 saturated carbocycles. The highest BCUT2D eigenvalue weighted by Gasteiger charge is 2.23. The summed E-state index contributed by atoms with van der Waals surface area (Å²) in [5.74, 6) is -1.68. The van der Waals surface area contributed by atoms with E-state index >= 15 is 0 Å². The largest absolute Gasteiger partial charge is 0.486 e. The summed E-state index contributed by atoms with van der Waals surface area (Å²) in [5, 5.41) is 0. The van der Waals surface area contributed by atoms with Crippen LogP contribution in [-0.2, 0) is 0 Å². The molecule has 0 bridgehead atoms. The molecule has 108 valence electrons. The van der Waals surface area contributed by atoms with E-state index in [1.807, 2.05) is 0 Å². The number of benzene rings is 2. The van der Waals surface area contributed by atoms with Gasteiger partial charge in [0.2, 0.25) is 0 Å². The van der Waals surface area contributed by atoms with Crippen LogP contribution in [0.25, 0.3) is 0 Å². The number of ether oxygens (including phenoxy) is 2. The molecule has 3 nitrogen and oxygen atoms in total. The number of hydrogen-bond acceptors (Lipinski definition) is 3. The molecule has 2 aromatic carbocycles. The summed E-state index contributed by atoms with van der Waals surface area (Å²) < 4.78 is 38.5. The average molecular weight is 355 g/mol. The first-order valence-corrected chi connectivity index (χ1v) is 6.95. The van der Waals surface area contributed by atoms with Gasteiger partial charge in [-0.05, 0) is 46.3 Å². The Morgan fingerprint density at radius 3 is 2.52 bits per heavy atom. The third-order valence-electron chi connectivity index (χ3n) is 3.08. The summed E-state index contributed by atoms with van der Waals surface area (Å²) in [5.41, 5.74) is -0.462. The molecule has 0 aliphatic carbocycles. The molecule has 21 heavy (non-hydrogen) atoms. The molecule has 3 rings (SSSR count).